The number of rotatable bonds is 10. The van der Waals surface area contributed by atoms with Crippen LogP contribution >= 0.6 is 0 Å². The Morgan fingerprint density at radius 2 is 1.73 bits per heavy atom. The number of hydrogen-bond acceptors (Lipinski definition) is 7. The van der Waals surface area contributed by atoms with Gasteiger partial charge in [0.25, 0.3) is 11.6 Å². The number of benzene rings is 2. The van der Waals surface area contributed by atoms with Crippen LogP contribution in [0.15, 0.2) is 29.2 Å². The molecule has 1 amide bonds. The van der Waals surface area contributed by atoms with Crippen molar-refractivity contribution < 1.29 is 27.6 Å². The lowest BCUT2D eigenvalue weighted by Crippen LogP contribution is -2.30. The van der Waals surface area contributed by atoms with Gasteiger partial charge in [0.05, 0.1) is 29.6 Å². The van der Waals surface area contributed by atoms with E-state index < -0.39 is 26.5 Å². The molecule has 0 aliphatic rings. The molecule has 1 N–H and O–H groups in total. The van der Waals surface area contributed by atoms with E-state index in [0.29, 0.717) is 24.2 Å². The minimum absolute atomic E-state index is 0.0309. The number of aryl methyl sites for hydroxylation is 1. The molecular formula is C22H29N3O7S. The Balaban J connectivity index is 2.57. The van der Waals surface area contributed by atoms with Crippen LogP contribution in [0.1, 0.15) is 42.3 Å². The lowest BCUT2D eigenvalue weighted by Gasteiger charge is -2.20. The number of nitrogens with zero attached hydrogens (tertiary/aromatic N) is 2. The van der Waals surface area contributed by atoms with Crippen molar-refractivity contribution in [3.05, 3.63) is 51.1 Å². The molecule has 0 atom stereocenters. The standard InChI is InChI=1S/C22H29N3O7S/c1-7-24(8-2)33(29,30)16-10-14(4)15(5)18(11-16)23-22(26)17-12-20(31-6)21(32-9-3)13-19(17)25(27)28/h10-13H,7-9H2,1-6H3,(H,23,26). The molecule has 0 heterocycles. The zero-order chi connectivity index (χ0) is 24.9. The van der Waals surface area contributed by atoms with Crippen molar-refractivity contribution >= 4 is 27.3 Å². The molecule has 0 saturated carbocycles. The first-order valence-electron chi connectivity index (χ1n) is 10.4. The molecule has 0 bridgehead atoms. The zero-order valence-corrected chi connectivity index (χ0v) is 20.4. The predicted molar refractivity (Wildman–Crippen MR) is 125 cm³/mol. The summed E-state index contributed by atoms with van der Waals surface area (Å²) < 4.78 is 37.9. The number of ether oxygens (including phenoxy) is 2. The number of anilines is 1. The maximum atomic E-state index is 13.1. The van der Waals surface area contributed by atoms with Crippen molar-refractivity contribution in [2.45, 2.75) is 39.5 Å². The molecular weight excluding hydrogens is 450 g/mol. The van der Waals surface area contributed by atoms with E-state index in [4.69, 9.17) is 9.47 Å². The van der Waals surface area contributed by atoms with Gasteiger partial charge >= 0.3 is 0 Å². The molecule has 2 aromatic rings. The summed E-state index contributed by atoms with van der Waals surface area (Å²) in [4.78, 5) is 24.0. The van der Waals surface area contributed by atoms with E-state index >= 15 is 0 Å². The molecule has 0 saturated heterocycles. The maximum Gasteiger partial charge on any atom is 0.286 e. The van der Waals surface area contributed by atoms with Crippen LogP contribution in [0.4, 0.5) is 11.4 Å². The Kier molecular flexibility index (Phi) is 8.39. The number of nitrogens with one attached hydrogen (secondary N) is 1. The average molecular weight is 480 g/mol. The van der Waals surface area contributed by atoms with Gasteiger partial charge in [-0.2, -0.15) is 4.31 Å². The number of sulfonamides is 1. The van der Waals surface area contributed by atoms with Gasteiger partial charge in [-0.1, -0.05) is 13.8 Å². The van der Waals surface area contributed by atoms with Gasteiger partial charge in [-0.15, -0.1) is 0 Å². The highest BCUT2D eigenvalue weighted by molar-refractivity contribution is 7.89. The van der Waals surface area contributed by atoms with E-state index in [9.17, 15) is 23.3 Å². The van der Waals surface area contributed by atoms with E-state index in [1.807, 2.05) is 0 Å². The van der Waals surface area contributed by atoms with Crippen LogP contribution in [-0.4, -0.2) is 50.4 Å². The van der Waals surface area contributed by atoms with Crippen molar-refractivity contribution in [3.8, 4) is 11.5 Å². The maximum absolute atomic E-state index is 13.1. The molecule has 2 rings (SSSR count). The summed E-state index contributed by atoms with van der Waals surface area (Å²) in [5.41, 5.74) is 0.833. The third-order valence-corrected chi connectivity index (χ3v) is 7.28. The monoisotopic (exact) mass is 479 g/mol. The number of carbonyl (C=O) groups is 1. The Morgan fingerprint density at radius 1 is 1.09 bits per heavy atom. The zero-order valence-electron chi connectivity index (χ0n) is 19.6. The highest BCUT2D eigenvalue weighted by Crippen LogP contribution is 2.35. The van der Waals surface area contributed by atoms with Gasteiger partial charge in [-0.05, 0) is 44.0 Å². The van der Waals surface area contributed by atoms with Gasteiger partial charge in [0.1, 0.15) is 5.56 Å². The summed E-state index contributed by atoms with van der Waals surface area (Å²) in [6.45, 7) is 9.51. The third-order valence-electron chi connectivity index (χ3n) is 5.26. The van der Waals surface area contributed by atoms with E-state index in [-0.39, 0.29) is 34.3 Å². The van der Waals surface area contributed by atoms with Crippen LogP contribution in [0, 0.1) is 24.0 Å². The Hall–Kier alpha value is -3.18. The first kappa shape index (κ1) is 26.1. The number of nitro benzene ring substituents is 1. The average Bonchev–Trinajstić information content (AvgIpc) is 2.77. The summed E-state index contributed by atoms with van der Waals surface area (Å²) in [7, 11) is -2.41. The van der Waals surface area contributed by atoms with Crippen molar-refractivity contribution in [2.75, 3.05) is 32.1 Å². The van der Waals surface area contributed by atoms with Gasteiger partial charge < -0.3 is 14.8 Å². The molecule has 0 aliphatic heterocycles. The summed E-state index contributed by atoms with van der Waals surface area (Å²) in [5.74, 6) is -0.469. The topological polar surface area (TPSA) is 128 Å². The van der Waals surface area contributed by atoms with Gasteiger partial charge in [0.15, 0.2) is 11.5 Å². The molecule has 0 radical (unpaired) electrons. The van der Waals surface area contributed by atoms with Crippen LogP contribution in [0.2, 0.25) is 0 Å². The van der Waals surface area contributed by atoms with Gasteiger partial charge in [-0.25, -0.2) is 8.42 Å². The summed E-state index contributed by atoms with van der Waals surface area (Å²) in [6, 6.07) is 5.28. The van der Waals surface area contributed by atoms with Crippen LogP contribution in [0.25, 0.3) is 0 Å². The van der Waals surface area contributed by atoms with Crippen molar-refractivity contribution in [1.82, 2.24) is 4.31 Å². The molecule has 180 valence electrons. The van der Waals surface area contributed by atoms with Crippen LogP contribution in [0.5, 0.6) is 11.5 Å². The summed E-state index contributed by atoms with van der Waals surface area (Å²) in [5, 5.41) is 14.3. The van der Waals surface area contributed by atoms with Crippen LogP contribution < -0.4 is 14.8 Å². The number of carbonyl (C=O) groups excluding carboxylic acids is 1. The second kappa shape index (κ2) is 10.6. The lowest BCUT2D eigenvalue weighted by atomic mass is 10.1. The van der Waals surface area contributed by atoms with E-state index in [1.165, 1.54) is 23.5 Å². The first-order chi connectivity index (χ1) is 15.5. The lowest BCUT2D eigenvalue weighted by molar-refractivity contribution is -0.385. The largest absolute Gasteiger partial charge is 0.493 e. The van der Waals surface area contributed by atoms with E-state index in [0.717, 1.165) is 6.07 Å². The highest BCUT2D eigenvalue weighted by Gasteiger charge is 2.27. The molecule has 0 unspecified atom stereocenters. The van der Waals surface area contributed by atoms with Gasteiger partial charge in [0.2, 0.25) is 10.0 Å². The molecule has 2 aromatic carbocycles. The minimum Gasteiger partial charge on any atom is -0.493 e. The summed E-state index contributed by atoms with van der Waals surface area (Å²) in [6.07, 6.45) is 0. The van der Waals surface area contributed by atoms with Crippen molar-refractivity contribution in [1.29, 1.82) is 0 Å². The minimum atomic E-state index is -3.77. The molecule has 0 aromatic heterocycles. The van der Waals surface area contributed by atoms with E-state index in [1.54, 1.807) is 40.7 Å². The second-order valence-electron chi connectivity index (χ2n) is 7.17. The molecule has 0 aliphatic carbocycles. The number of methoxy groups -OCH3 is 1. The Bertz CT molecular complexity index is 1160. The molecule has 11 heteroatoms. The first-order valence-corrected chi connectivity index (χ1v) is 11.9. The molecule has 0 fully saturated rings. The van der Waals surface area contributed by atoms with Crippen LogP contribution in [0.3, 0.4) is 0 Å². The molecule has 33 heavy (non-hydrogen) atoms. The summed E-state index contributed by atoms with van der Waals surface area (Å²) >= 11 is 0. The van der Waals surface area contributed by atoms with Crippen LogP contribution in [-0.2, 0) is 10.0 Å². The quantitative estimate of drug-likeness (QED) is 0.404. The fraction of sp³-hybridized carbons (Fsp3) is 0.409. The second-order valence-corrected chi connectivity index (χ2v) is 9.10. The van der Waals surface area contributed by atoms with Crippen molar-refractivity contribution in [3.63, 3.8) is 0 Å². The normalized spacial score (nSPS) is 11.4. The Morgan fingerprint density at radius 3 is 2.24 bits per heavy atom. The van der Waals surface area contributed by atoms with E-state index in [2.05, 4.69) is 5.32 Å². The van der Waals surface area contributed by atoms with Gasteiger partial charge in [0, 0.05) is 24.8 Å². The fourth-order valence-corrected chi connectivity index (χ4v) is 4.89. The fourth-order valence-electron chi connectivity index (χ4n) is 3.32. The molecule has 0 spiro atoms. The third kappa shape index (κ3) is 5.42. The SMILES string of the molecule is CCOc1cc([N+](=O)[O-])c(C(=O)Nc2cc(S(=O)(=O)N(CC)CC)cc(C)c2C)cc1OC. The Labute approximate surface area is 193 Å². The predicted octanol–water partition coefficient (Wildman–Crippen LogP) is 3.90. The number of amides is 1. The van der Waals surface area contributed by atoms with Crippen molar-refractivity contribution in [2.24, 2.45) is 0 Å². The van der Waals surface area contributed by atoms with Gasteiger partial charge in [-0.3, -0.25) is 14.9 Å². The molecule has 10 nitrogen and oxygen atoms in total. The number of nitro groups is 1. The number of hydrogen-bond donors (Lipinski definition) is 1. The smallest absolute Gasteiger partial charge is 0.286 e. The highest BCUT2D eigenvalue weighted by atomic mass is 32.2.